The summed E-state index contributed by atoms with van der Waals surface area (Å²) >= 11 is 0. The lowest BCUT2D eigenvalue weighted by Gasteiger charge is -2.27. The molecule has 1 N–H and O–H groups in total. The molecule has 1 aliphatic heterocycles. The normalized spacial score (nSPS) is 20.1. The van der Waals surface area contributed by atoms with E-state index in [1.54, 1.807) is 19.1 Å². The maximum atomic E-state index is 12.0. The molecule has 0 spiro atoms. The summed E-state index contributed by atoms with van der Waals surface area (Å²) in [4.78, 5) is 13.7. The lowest BCUT2D eigenvalue weighted by molar-refractivity contribution is -0.131. The monoisotopic (exact) mass is 264 g/mol. The van der Waals surface area contributed by atoms with Gasteiger partial charge in [0.1, 0.15) is 11.5 Å². The third-order valence-corrected chi connectivity index (χ3v) is 3.51. The first-order valence-electron chi connectivity index (χ1n) is 6.35. The Hall–Kier alpha value is -1.75. The Balaban J connectivity index is 2.39. The van der Waals surface area contributed by atoms with Crippen LogP contribution in [0.4, 0.5) is 0 Å². The van der Waals surface area contributed by atoms with Crippen LogP contribution in [0.2, 0.25) is 0 Å². The van der Waals surface area contributed by atoms with Gasteiger partial charge in [-0.05, 0) is 18.2 Å². The SMILES string of the molecule is COc1ccc(OC)c(C2CNCCC(=O)N2C)c1. The molecular formula is C14H20N2O3. The molecule has 19 heavy (non-hydrogen) atoms. The predicted octanol–water partition coefficient (Wildman–Crippen LogP) is 1.20. The van der Waals surface area contributed by atoms with E-state index in [4.69, 9.17) is 9.47 Å². The summed E-state index contributed by atoms with van der Waals surface area (Å²) in [5.74, 6) is 1.68. The fraction of sp³-hybridized carbons (Fsp3) is 0.500. The van der Waals surface area contributed by atoms with Crippen molar-refractivity contribution in [3.05, 3.63) is 23.8 Å². The number of benzene rings is 1. The summed E-state index contributed by atoms with van der Waals surface area (Å²) < 4.78 is 10.7. The van der Waals surface area contributed by atoms with E-state index in [1.165, 1.54) is 0 Å². The Morgan fingerprint density at radius 3 is 2.79 bits per heavy atom. The van der Waals surface area contributed by atoms with Crippen LogP contribution in [0.15, 0.2) is 18.2 Å². The van der Waals surface area contributed by atoms with Gasteiger partial charge >= 0.3 is 0 Å². The van der Waals surface area contributed by atoms with Gasteiger partial charge in [0.05, 0.1) is 20.3 Å². The molecule has 0 bridgehead atoms. The van der Waals surface area contributed by atoms with E-state index < -0.39 is 0 Å². The van der Waals surface area contributed by atoms with Gasteiger partial charge in [0.25, 0.3) is 0 Å². The summed E-state index contributed by atoms with van der Waals surface area (Å²) in [6.07, 6.45) is 0.527. The summed E-state index contributed by atoms with van der Waals surface area (Å²) in [6, 6.07) is 5.62. The number of carbonyl (C=O) groups excluding carboxylic acids is 1. The van der Waals surface area contributed by atoms with E-state index >= 15 is 0 Å². The number of rotatable bonds is 3. The Morgan fingerprint density at radius 2 is 2.11 bits per heavy atom. The molecule has 1 aliphatic rings. The number of nitrogens with zero attached hydrogens (tertiary/aromatic N) is 1. The standard InChI is InChI=1S/C14H20N2O3/c1-16-12(9-15-7-6-14(16)17)11-8-10(18-2)4-5-13(11)19-3/h4-5,8,12,15H,6-7,9H2,1-3H3. The van der Waals surface area contributed by atoms with E-state index in [2.05, 4.69) is 5.32 Å². The zero-order valence-electron chi connectivity index (χ0n) is 11.6. The number of hydrogen-bond acceptors (Lipinski definition) is 4. The third-order valence-electron chi connectivity index (χ3n) is 3.51. The number of ether oxygens (including phenoxy) is 2. The molecular weight excluding hydrogens is 244 g/mol. The highest BCUT2D eigenvalue weighted by atomic mass is 16.5. The predicted molar refractivity (Wildman–Crippen MR) is 72.5 cm³/mol. The summed E-state index contributed by atoms with van der Waals surface area (Å²) in [5, 5.41) is 3.29. The maximum absolute atomic E-state index is 12.0. The number of amides is 1. The molecule has 0 aliphatic carbocycles. The minimum atomic E-state index is -0.0416. The van der Waals surface area contributed by atoms with E-state index in [0.717, 1.165) is 17.1 Å². The topological polar surface area (TPSA) is 50.8 Å². The van der Waals surface area contributed by atoms with E-state index in [9.17, 15) is 4.79 Å². The van der Waals surface area contributed by atoms with Crippen LogP contribution in [0.3, 0.4) is 0 Å². The molecule has 0 aromatic heterocycles. The molecule has 1 heterocycles. The van der Waals surface area contributed by atoms with Crippen LogP contribution in [-0.4, -0.2) is 45.2 Å². The highest BCUT2D eigenvalue weighted by Gasteiger charge is 2.26. The second-order valence-electron chi connectivity index (χ2n) is 4.58. The Bertz CT molecular complexity index is 462. The molecule has 2 rings (SSSR count). The molecule has 1 atom stereocenters. The lowest BCUT2D eigenvalue weighted by Crippen LogP contribution is -2.32. The summed E-state index contributed by atoms with van der Waals surface area (Å²) in [6.45, 7) is 1.43. The van der Waals surface area contributed by atoms with Crippen LogP contribution < -0.4 is 14.8 Å². The van der Waals surface area contributed by atoms with Gasteiger partial charge in [0.15, 0.2) is 0 Å². The largest absolute Gasteiger partial charge is 0.497 e. The van der Waals surface area contributed by atoms with Crippen molar-refractivity contribution in [3.8, 4) is 11.5 Å². The number of likely N-dealkylation sites (N-methyl/N-ethyl adjacent to an activating group) is 1. The first-order valence-corrected chi connectivity index (χ1v) is 6.35. The number of hydrogen-bond donors (Lipinski definition) is 1. The molecule has 1 unspecified atom stereocenters. The second-order valence-corrected chi connectivity index (χ2v) is 4.58. The minimum absolute atomic E-state index is 0.0416. The van der Waals surface area contributed by atoms with Crippen LogP contribution in [0.5, 0.6) is 11.5 Å². The maximum Gasteiger partial charge on any atom is 0.224 e. The van der Waals surface area contributed by atoms with Crippen molar-refractivity contribution < 1.29 is 14.3 Å². The van der Waals surface area contributed by atoms with Crippen molar-refractivity contribution in [1.29, 1.82) is 0 Å². The molecule has 104 valence electrons. The molecule has 1 amide bonds. The van der Waals surface area contributed by atoms with Gasteiger partial charge in [-0.2, -0.15) is 0 Å². The highest BCUT2D eigenvalue weighted by molar-refractivity contribution is 5.77. The van der Waals surface area contributed by atoms with Gasteiger partial charge in [0.2, 0.25) is 5.91 Å². The molecule has 0 radical (unpaired) electrons. The van der Waals surface area contributed by atoms with Crippen molar-refractivity contribution in [2.75, 3.05) is 34.4 Å². The molecule has 1 aromatic rings. The first kappa shape index (κ1) is 13.7. The molecule has 5 heteroatoms. The van der Waals surface area contributed by atoms with Crippen molar-refractivity contribution in [2.24, 2.45) is 0 Å². The van der Waals surface area contributed by atoms with Crippen LogP contribution in [-0.2, 0) is 4.79 Å². The van der Waals surface area contributed by atoms with Gasteiger partial charge in [-0.15, -0.1) is 0 Å². The van der Waals surface area contributed by atoms with E-state index in [0.29, 0.717) is 19.5 Å². The molecule has 1 fully saturated rings. The zero-order chi connectivity index (χ0) is 13.8. The lowest BCUT2D eigenvalue weighted by atomic mass is 10.0. The average Bonchev–Trinajstić information content (AvgIpc) is 2.61. The van der Waals surface area contributed by atoms with E-state index in [1.807, 2.05) is 25.2 Å². The van der Waals surface area contributed by atoms with Crippen molar-refractivity contribution in [1.82, 2.24) is 10.2 Å². The van der Waals surface area contributed by atoms with E-state index in [-0.39, 0.29) is 11.9 Å². The average molecular weight is 264 g/mol. The van der Waals surface area contributed by atoms with Crippen molar-refractivity contribution in [3.63, 3.8) is 0 Å². The summed E-state index contributed by atoms with van der Waals surface area (Å²) in [7, 11) is 5.10. The van der Waals surface area contributed by atoms with Gasteiger partial charge in [-0.3, -0.25) is 4.79 Å². The fourth-order valence-electron chi connectivity index (χ4n) is 2.34. The van der Waals surface area contributed by atoms with Crippen LogP contribution in [0, 0.1) is 0 Å². The van der Waals surface area contributed by atoms with Gasteiger partial charge in [0, 0.05) is 32.1 Å². The summed E-state index contributed by atoms with van der Waals surface area (Å²) in [5.41, 5.74) is 0.965. The number of methoxy groups -OCH3 is 2. The van der Waals surface area contributed by atoms with Crippen LogP contribution in [0.1, 0.15) is 18.0 Å². The molecule has 1 saturated heterocycles. The van der Waals surface area contributed by atoms with Crippen molar-refractivity contribution >= 4 is 5.91 Å². The van der Waals surface area contributed by atoms with Crippen LogP contribution >= 0.6 is 0 Å². The zero-order valence-corrected chi connectivity index (χ0v) is 11.6. The van der Waals surface area contributed by atoms with Gasteiger partial charge < -0.3 is 19.7 Å². The Labute approximate surface area is 113 Å². The molecule has 1 aromatic carbocycles. The second kappa shape index (κ2) is 5.93. The smallest absolute Gasteiger partial charge is 0.224 e. The Kier molecular flexibility index (Phi) is 4.27. The Morgan fingerprint density at radius 1 is 1.32 bits per heavy atom. The quantitative estimate of drug-likeness (QED) is 0.891. The minimum Gasteiger partial charge on any atom is -0.497 e. The number of carbonyl (C=O) groups is 1. The van der Waals surface area contributed by atoms with Gasteiger partial charge in [-0.25, -0.2) is 0 Å². The highest BCUT2D eigenvalue weighted by Crippen LogP contribution is 2.32. The first-order chi connectivity index (χ1) is 9.17. The van der Waals surface area contributed by atoms with Crippen LogP contribution in [0.25, 0.3) is 0 Å². The number of nitrogens with one attached hydrogen (secondary N) is 1. The van der Waals surface area contributed by atoms with Gasteiger partial charge in [-0.1, -0.05) is 0 Å². The molecule has 0 saturated carbocycles. The molecule has 5 nitrogen and oxygen atoms in total. The third kappa shape index (κ3) is 2.81. The fourth-order valence-corrected chi connectivity index (χ4v) is 2.34. The van der Waals surface area contributed by atoms with Crippen molar-refractivity contribution in [2.45, 2.75) is 12.5 Å².